The molecular formula is C13H12BrClN2O. The Kier molecular flexibility index (Phi) is 4.58. The van der Waals surface area contributed by atoms with Gasteiger partial charge in [0.2, 0.25) is 0 Å². The van der Waals surface area contributed by atoms with Gasteiger partial charge in [-0.1, -0.05) is 17.7 Å². The fraction of sp³-hybridized carbons (Fsp3) is 0.154. The fourth-order valence-electron chi connectivity index (χ4n) is 1.52. The average molecular weight is 328 g/mol. The van der Waals surface area contributed by atoms with Crippen molar-refractivity contribution in [3.63, 3.8) is 0 Å². The van der Waals surface area contributed by atoms with Gasteiger partial charge in [0.25, 0.3) is 0 Å². The van der Waals surface area contributed by atoms with Crippen molar-refractivity contribution in [2.75, 3.05) is 6.54 Å². The molecule has 1 heterocycles. The van der Waals surface area contributed by atoms with Crippen LogP contribution in [-0.2, 0) is 0 Å². The van der Waals surface area contributed by atoms with Crippen molar-refractivity contribution in [1.82, 2.24) is 4.98 Å². The van der Waals surface area contributed by atoms with Gasteiger partial charge in [0.1, 0.15) is 5.75 Å². The van der Waals surface area contributed by atoms with Gasteiger partial charge in [0, 0.05) is 17.8 Å². The molecule has 1 unspecified atom stereocenters. The number of ether oxygens (including phenoxy) is 1. The lowest BCUT2D eigenvalue weighted by atomic mass is 10.2. The van der Waals surface area contributed by atoms with E-state index in [1.165, 1.54) is 0 Å². The molecule has 0 spiro atoms. The molecule has 1 aromatic heterocycles. The third-order valence-corrected chi connectivity index (χ3v) is 3.25. The summed E-state index contributed by atoms with van der Waals surface area (Å²) in [5.41, 5.74) is 6.53. The van der Waals surface area contributed by atoms with Crippen LogP contribution >= 0.6 is 27.5 Å². The first-order valence-corrected chi connectivity index (χ1v) is 6.60. The quantitative estimate of drug-likeness (QED) is 0.934. The van der Waals surface area contributed by atoms with Crippen LogP contribution in [0, 0.1) is 0 Å². The van der Waals surface area contributed by atoms with Gasteiger partial charge in [-0.2, -0.15) is 0 Å². The molecule has 94 valence electrons. The summed E-state index contributed by atoms with van der Waals surface area (Å²) in [4.78, 5) is 4.25. The van der Waals surface area contributed by atoms with Gasteiger partial charge < -0.3 is 10.5 Å². The number of rotatable bonds is 4. The van der Waals surface area contributed by atoms with Crippen LogP contribution in [0.25, 0.3) is 0 Å². The topological polar surface area (TPSA) is 48.1 Å². The predicted molar refractivity (Wildman–Crippen MR) is 75.8 cm³/mol. The zero-order valence-corrected chi connectivity index (χ0v) is 11.9. The molecule has 1 atom stereocenters. The zero-order valence-electron chi connectivity index (χ0n) is 9.51. The van der Waals surface area contributed by atoms with Gasteiger partial charge in [0.05, 0.1) is 10.2 Å². The molecule has 0 bridgehead atoms. The van der Waals surface area contributed by atoms with Crippen molar-refractivity contribution in [1.29, 1.82) is 0 Å². The van der Waals surface area contributed by atoms with Gasteiger partial charge in [0.15, 0.2) is 6.10 Å². The van der Waals surface area contributed by atoms with Gasteiger partial charge in [-0.3, -0.25) is 4.98 Å². The predicted octanol–water partition coefficient (Wildman–Crippen LogP) is 3.58. The van der Waals surface area contributed by atoms with E-state index in [9.17, 15) is 0 Å². The van der Waals surface area contributed by atoms with Crippen LogP contribution in [0.4, 0.5) is 0 Å². The molecule has 18 heavy (non-hydrogen) atoms. The highest BCUT2D eigenvalue weighted by atomic mass is 79.9. The van der Waals surface area contributed by atoms with Gasteiger partial charge in [-0.15, -0.1) is 0 Å². The number of aromatic nitrogens is 1. The Morgan fingerprint density at radius 3 is 2.78 bits per heavy atom. The van der Waals surface area contributed by atoms with Gasteiger partial charge in [-0.05, 0) is 46.3 Å². The maximum atomic E-state index is 5.88. The molecule has 2 aromatic rings. The molecule has 2 N–H and O–H groups in total. The summed E-state index contributed by atoms with van der Waals surface area (Å²) < 4.78 is 6.64. The highest BCUT2D eigenvalue weighted by Crippen LogP contribution is 2.31. The molecule has 0 fully saturated rings. The second-order valence-electron chi connectivity index (χ2n) is 3.67. The molecule has 1 aromatic carbocycles. The van der Waals surface area contributed by atoms with Crippen LogP contribution in [0.15, 0.2) is 47.1 Å². The maximum Gasteiger partial charge on any atom is 0.153 e. The number of halogens is 2. The molecule has 3 nitrogen and oxygen atoms in total. The van der Waals surface area contributed by atoms with Gasteiger partial charge in [-0.25, -0.2) is 0 Å². The summed E-state index contributed by atoms with van der Waals surface area (Å²) >= 11 is 9.29. The minimum Gasteiger partial charge on any atom is -0.482 e. The standard InChI is InChI=1S/C13H12BrClN2O/c14-10-7-9(15)4-5-12(10)18-13(8-16)11-3-1-2-6-17-11/h1-7,13H,8,16H2. The smallest absolute Gasteiger partial charge is 0.153 e. The molecule has 5 heteroatoms. The number of pyridine rings is 1. The highest BCUT2D eigenvalue weighted by Gasteiger charge is 2.14. The summed E-state index contributed by atoms with van der Waals surface area (Å²) in [6.45, 7) is 0.353. The van der Waals surface area contributed by atoms with Crippen LogP contribution < -0.4 is 10.5 Å². The Labute approximate surface area is 119 Å². The number of hydrogen-bond donors (Lipinski definition) is 1. The van der Waals surface area contributed by atoms with Crippen LogP contribution in [0.1, 0.15) is 11.8 Å². The first-order valence-electron chi connectivity index (χ1n) is 5.43. The Balaban J connectivity index is 2.21. The molecule has 0 aliphatic carbocycles. The summed E-state index contributed by atoms with van der Waals surface area (Å²) in [7, 11) is 0. The third kappa shape index (κ3) is 3.22. The minimum absolute atomic E-state index is 0.274. The van der Waals surface area contributed by atoms with Crippen molar-refractivity contribution < 1.29 is 4.74 Å². The van der Waals surface area contributed by atoms with E-state index in [1.54, 1.807) is 24.4 Å². The van der Waals surface area contributed by atoms with E-state index < -0.39 is 0 Å². The largest absolute Gasteiger partial charge is 0.482 e. The monoisotopic (exact) mass is 326 g/mol. The molecule has 0 radical (unpaired) electrons. The summed E-state index contributed by atoms with van der Waals surface area (Å²) in [6, 6.07) is 11.0. The second-order valence-corrected chi connectivity index (χ2v) is 4.96. The van der Waals surface area contributed by atoms with Crippen molar-refractivity contribution >= 4 is 27.5 Å². The van der Waals surface area contributed by atoms with Crippen LogP contribution in [0.5, 0.6) is 5.75 Å². The summed E-state index contributed by atoms with van der Waals surface area (Å²) in [5.74, 6) is 0.695. The van der Waals surface area contributed by atoms with Crippen molar-refractivity contribution in [3.05, 3.63) is 57.8 Å². The molecule has 0 aliphatic heterocycles. The molecule has 0 saturated heterocycles. The molecule has 0 amide bonds. The number of nitrogens with two attached hydrogens (primary N) is 1. The SMILES string of the molecule is NCC(Oc1ccc(Cl)cc1Br)c1ccccn1. The van der Waals surface area contributed by atoms with E-state index in [4.69, 9.17) is 22.1 Å². The van der Waals surface area contributed by atoms with Crippen molar-refractivity contribution in [2.24, 2.45) is 5.73 Å². The second kappa shape index (κ2) is 6.18. The number of hydrogen-bond acceptors (Lipinski definition) is 3. The minimum atomic E-state index is -0.274. The third-order valence-electron chi connectivity index (χ3n) is 2.39. The highest BCUT2D eigenvalue weighted by molar-refractivity contribution is 9.10. The van der Waals surface area contributed by atoms with Crippen LogP contribution in [0.2, 0.25) is 5.02 Å². The normalized spacial score (nSPS) is 12.2. The lowest BCUT2D eigenvalue weighted by molar-refractivity contribution is 0.208. The van der Waals surface area contributed by atoms with E-state index in [0.717, 1.165) is 10.2 Å². The lowest BCUT2D eigenvalue weighted by Gasteiger charge is -2.17. The Morgan fingerprint density at radius 1 is 1.33 bits per heavy atom. The molecular weight excluding hydrogens is 316 g/mol. The van der Waals surface area contributed by atoms with Crippen molar-refractivity contribution in [3.8, 4) is 5.75 Å². The number of nitrogens with zero attached hydrogens (tertiary/aromatic N) is 1. The average Bonchev–Trinajstić information content (AvgIpc) is 2.39. The zero-order chi connectivity index (χ0) is 13.0. The summed E-state index contributed by atoms with van der Waals surface area (Å²) in [5, 5.41) is 0.649. The Morgan fingerprint density at radius 2 is 2.17 bits per heavy atom. The Bertz CT molecular complexity index is 522. The molecule has 0 aliphatic rings. The first-order chi connectivity index (χ1) is 8.70. The van der Waals surface area contributed by atoms with E-state index in [0.29, 0.717) is 17.3 Å². The van der Waals surface area contributed by atoms with Crippen LogP contribution in [0.3, 0.4) is 0 Å². The first kappa shape index (κ1) is 13.3. The fourth-order valence-corrected chi connectivity index (χ4v) is 2.30. The maximum absolute atomic E-state index is 5.88. The lowest BCUT2D eigenvalue weighted by Crippen LogP contribution is -2.19. The van der Waals surface area contributed by atoms with E-state index in [-0.39, 0.29) is 6.10 Å². The summed E-state index contributed by atoms with van der Waals surface area (Å²) in [6.07, 6.45) is 1.45. The van der Waals surface area contributed by atoms with E-state index >= 15 is 0 Å². The van der Waals surface area contributed by atoms with E-state index in [2.05, 4.69) is 20.9 Å². The molecule has 0 saturated carbocycles. The van der Waals surface area contributed by atoms with E-state index in [1.807, 2.05) is 18.2 Å². The van der Waals surface area contributed by atoms with Crippen LogP contribution in [-0.4, -0.2) is 11.5 Å². The van der Waals surface area contributed by atoms with Crippen molar-refractivity contribution in [2.45, 2.75) is 6.10 Å². The van der Waals surface area contributed by atoms with Gasteiger partial charge >= 0.3 is 0 Å². The molecule has 2 rings (SSSR count). The number of benzene rings is 1. The Hall–Kier alpha value is -1.10.